The number of carbonyl (C=O) groups is 1. The molecule has 1 spiro atoms. The number of nitrogens with two attached hydrogens (primary N) is 1. The van der Waals surface area contributed by atoms with Crippen LogP contribution in [0.4, 0.5) is 4.39 Å². The maximum atomic E-state index is 13.5. The lowest BCUT2D eigenvalue weighted by atomic mass is 9.76. The van der Waals surface area contributed by atoms with E-state index in [1.165, 1.54) is 6.20 Å². The summed E-state index contributed by atoms with van der Waals surface area (Å²) in [4.78, 5) is 15.6. The molecule has 0 radical (unpaired) electrons. The number of hydrogen-bond acceptors (Lipinski definition) is 3. The van der Waals surface area contributed by atoms with Gasteiger partial charge in [0, 0.05) is 18.3 Å². The summed E-state index contributed by atoms with van der Waals surface area (Å²) in [5.41, 5.74) is 6.12. The molecule has 0 aromatic carbocycles. The Bertz CT molecular complexity index is 496. The van der Waals surface area contributed by atoms with Gasteiger partial charge < -0.3 is 11.1 Å². The van der Waals surface area contributed by atoms with Crippen LogP contribution in [0.25, 0.3) is 0 Å². The molecule has 1 unspecified atom stereocenters. The highest BCUT2D eigenvalue weighted by Gasteiger charge is 2.60. The average molecular weight is 314 g/mol. The van der Waals surface area contributed by atoms with Crippen molar-refractivity contribution in [2.75, 3.05) is 0 Å². The number of halogens is 2. The molecule has 1 aromatic rings. The van der Waals surface area contributed by atoms with Gasteiger partial charge in [0.1, 0.15) is 0 Å². The van der Waals surface area contributed by atoms with Crippen LogP contribution in [0.1, 0.15) is 29.6 Å². The quantitative estimate of drug-likeness (QED) is 0.871. The molecule has 96 valence electrons. The molecular formula is C12H13BrFN3O. The van der Waals surface area contributed by atoms with Gasteiger partial charge in [0.25, 0.3) is 5.91 Å². The van der Waals surface area contributed by atoms with Crippen LogP contribution in [-0.2, 0) is 0 Å². The number of nitrogens with zero attached hydrogens (tertiary/aromatic N) is 1. The van der Waals surface area contributed by atoms with E-state index in [0.717, 1.165) is 25.5 Å². The normalized spacial score (nSPS) is 33.1. The predicted octanol–water partition coefficient (Wildman–Crippen LogP) is 1.59. The van der Waals surface area contributed by atoms with Gasteiger partial charge in [-0.1, -0.05) is 0 Å². The summed E-state index contributed by atoms with van der Waals surface area (Å²) in [6.07, 6.45) is 5.32. The van der Waals surface area contributed by atoms with Gasteiger partial charge in [-0.3, -0.25) is 9.78 Å². The molecule has 3 rings (SSSR count). The van der Waals surface area contributed by atoms with Gasteiger partial charge in [-0.15, -0.1) is 0 Å². The molecule has 1 aromatic heterocycles. The van der Waals surface area contributed by atoms with E-state index >= 15 is 0 Å². The van der Waals surface area contributed by atoms with Gasteiger partial charge >= 0.3 is 0 Å². The molecule has 2 fully saturated rings. The fourth-order valence-corrected chi connectivity index (χ4v) is 3.25. The number of aromatic nitrogens is 1. The Balaban J connectivity index is 1.66. The van der Waals surface area contributed by atoms with E-state index in [4.69, 9.17) is 5.73 Å². The van der Waals surface area contributed by atoms with Crippen LogP contribution in [0.5, 0.6) is 0 Å². The molecule has 4 nitrogen and oxygen atoms in total. The van der Waals surface area contributed by atoms with Crippen molar-refractivity contribution in [3.8, 4) is 0 Å². The van der Waals surface area contributed by atoms with E-state index in [1.807, 2.05) is 0 Å². The molecule has 0 aliphatic heterocycles. The Hall–Kier alpha value is -1.01. The third-order valence-electron chi connectivity index (χ3n) is 3.97. The standard InChI is InChI=1S/C12H13BrFN3O/c13-7-4-16-5-8(14)10(7)11(18)17-6-1-12(2-6)3-9(12)15/h4-6,9H,1-3,15H2,(H,17,18). The van der Waals surface area contributed by atoms with Crippen molar-refractivity contribution in [3.05, 3.63) is 28.2 Å². The minimum Gasteiger partial charge on any atom is -0.349 e. The first-order valence-electron chi connectivity index (χ1n) is 5.87. The van der Waals surface area contributed by atoms with Gasteiger partial charge in [-0.05, 0) is 40.6 Å². The summed E-state index contributed by atoms with van der Waals surface area (Å²) >= 11 is 3.14. The van der Waals surface area contributed by atoms with Crippen LogP contribution in [-0.4, -0.2) is 23.0 Å². The zero-order chi connectivity index (χ0) is 12.9. The topological polar surface area (TPSA) is 68.0 Å². The predicted molar refractivity (Wildman–Crippen MR) is 67.4 cm³/mol. The largest absolute Gasteiger partial charge is 0.349 e. The van der Waals surface area contributed by atoms with Gasteiger partial charge in [-0.25, -0.2) is 4.39 Å². The van der Waals surface area contributed by atoms with Crippen LogP contribution in [0.15, 0.2) is 16.9 Å². The van der Waals surface area contributed by atoms with E-state index in [2.05, 4.69) is 26.2 Å². The zero-order valence-electron chi connectivity index (χ0n) is 9.62. The third kappa shape index (κ3) is 1.83. The highest BCUT2D eigenvalue weighted by atomic mass is 79.9. The van der Waals surface area contributed by atoms with Gasteiger partial charge in [0.05, 0.1) is 16.2 Å². The van der Waals surface area contributed by atoms with Crippen molar-refractivity contribution in [1.82, 2.24) is 10.3 Å². The number of rotatable bonds is 2. The van der Waals surface area contributed by atoms with Crippen molar-refractivity contribution in [2.24, 2.45) is 11.1 Å². The Morgan fingerprint density at radius 2 is 2.17 bits per heavy atom. The first-order chi connectivity index (χ1) is 8.52. The lowest BCUT2D eigenvalue weighted by molar-refractivity contribution is 0.0868. The van der Waals surface area contributed by atoms with Crippen LogP contribution in [0.2, 0.25) is 0 Å². The number of pyridine rings is 1. The van der Waals surface area contributed by atoms with Crippen molar-refractivity contribution < 1.29 is 9.18 Å². The van der Waals surface area contributed by atoms with E-state index < -0.39 is 11.7 Å². The highest BCUT2D eigenvalue weighted by molar-refractivity contribution is 9.10. The summed E-state index contributed by atoms with van der Waals surface area (Å²) in [6, 6.07) is 0.403. The van der Waals surface area contributed by atoms with Gasteiger partial charge in [-0.2, -0.15) is 0 Å². The van der Waals surface area contributed by atoms with Crippen LogP contribution >= 0.6 is 15.9 Å². The second kappa shape index (κ2) is 3.99. The maximum absolute atomic E-state index is 13.5. The number of hydrogen-bond donors (Lipinski definition) is 2. The van der Waals surface area contributed by atoms with Crippen molar-refractivity contribution >= 4 is 21.8 Å². The number of nitrogens with one attached hydrogen (secondary N) is 1. The molecule has 1 amide bonds. The van der Waals surface area contributed by atoms with Crippen LogP contribution in [0, 0.1) is 11.2 Å². The number of amides is 1. The first-order valence-corrected chi connectivity index (χ1v) is 6.66. The summed E-state index contributed by atoms with van der Waals surface area (Å²) < 4.78 is 13.9. The molecule has 2 saturated carbocycles. The van der Waals surface area contributed by atoms with E-state index in [9.17, 15) is 9.18 Å². The SMILES string of the molecule is NC1CC12CC(NC(=O)c1c(F)cncc1Br)C2. The summed E-state index contributed by atoms with van der Waals surface area (Å²) in [5, 5.41) is 2.84. The van der Waals surface area contributed by atoms with E-state index in [-0.39, 0.29) is 23.1 Å². The molecule has 2 aliphatic rings. The molecule has 18 heavy (non-hydrogen) atoms. The van der Waals surface area contributed by atoms with Gasteiger partial charge in [0.15, 0.2) is 5.82 Å². The second-order valence-electron chi connectivity index (χ2n) is 5.23. The molecule has 0 bridgehead atoms. The van der Waals surface area contributed by atoms with Crippen LogP contribution in [0.3, 0.4) is 0 Å². The van der Waals surface area contributed by atoms with E-state index in [0.29, 0.717) is 4.47 Å². The molecule has 1 heterocycles. The zero-order valence-corrected chi connectivity index (χ0v) is 11.2. The van der Waals surface area contributed by atoms with Crippen LogP contribution < -0.4 is 11.1 Å². The minimum absolute atomic E-state index is 0.0195. The van der Waals surface area contributed by atoms with Crippen molar-refractivity contribution in [1.29, 1.82) is 0 Å². The smallest absolute Gasteiger partial charge is 0.255 e. The molecular weight excluding hydrogens is 301 g/mol. The Kier molecular flexibility index (Phi) is 2.67. The first kappa shape index (κ1) is 12.0. The second-order valence-corrected chi connectivity index (χ2v) is 6.08. The monoisotopic (exact) mass is 313 g/mol. The van der Waals surface area contributed by atoms with Gasteiger partial charge in [0.2, 0.25) is 0 Å². The highest BCUT2D eigenvalue weighted by Crippen LogP contribution is 2.59. The summed E-state index contributed by atoms with van der Waals surface area (Å²) in [6.45, 7) is 0. The Morgan fingerprint density at radius 3 is 2.72 bits per heavy atom. The molecule has 1 atom stereocenters. The molecule has 3 N–H and O–H groups in total. The number of carbonyl (C=O) groups excluding carboxylic acids is 1. The van der Waals surface area contributed by atoms with E-state index in [1.54, 1.807) is 0 Å². The summed E-state index contributed by atoms with van der Waals surface area (Å²) in [5.74, 6) is -1.00. The third-order valence-corrected chi connectivity index (χ3v) is 4.58. The van der Waals surface area contributed by atoms with Crippen molar-refractivity contribution in [3.63, 3.8) is 0 Å². The lowest BCUT2D eigenvalue weighted by Gasteiger charge is -2.37. The fraction of sp³-hybridized carbons (Fsp3) is 0.500. The minimum atomic E-state index is -0.612. The molecule has 6 heteroatoms. The molecule has 2 aliphatic carbocycles. The lowest BCUT2D eigenvalue weighted by Crippen LogP contribution is -2.47. The average Bonchev–Trinajstić information content (AvgIpc) is 2.89. The Morgan fingerprint density at radius 1 is 1.50 bits per heavy atom. The fourth-order valence-electron chi connectivity index (χ4n) is 2.76. The van der Waals surface area contributed by atoms with Crippen molar-refractivity contribution in [2.45, 2.75) is 31.3 Å². The Labute approximate surface area is 112 Å². The molecule has 0 saturated heterocycles. The summed E-state index contributed by atoms with van der Waals surface area (Å²) in [7, 11) is 0. The maximum Gasteiger partial charge on any atom is 0.255 e.